The number of rotatable bonds is 4. The number of hydrogen-bond acceptors (Lipinski definition) is 3. The molecule has 1 N–H and O–H groups in total. The van der Waals surface area contributed by atoms with Crippen molar-refractivity contribution in [2.75, 3.05) is 19.8 Å². The van der Waals surface area contributed by atoms with Crippen molar-refractivity contribution in [2.45, 2.75) is 19.3 Å². The molecule has 0 amide bonds. The molecule has 0 aliphatic carbocycles. The molecule has 1 saturated heterocycles. The lowest BCUT2D eigenvalue weighted by molar-refractivity contribution is -0.113. The van der Waals surface area contributed by atoms with Gasteiger partial charge in [0.05, 0.1) is 24.3 Å². The van der Waals surface area contributed by atoms with Gasteiger partial charge in [-0.05, 0) is 24.0 Å². The molecule has 3 nitrogen and oxygen atoms in total. The minimum absolute atomic E-state index is 0.0792. The van der Waals surface area contributed by atoms with Crippen LogP contribution >= 0.6 is 0 Å². The highest BCUT2D eigenvalue weighted by molar-refractivity contribution is 5.22. The van der Waals surface area contributed by atoms with Crippen LogP contribution in [0.3, 0.4) is 0 Å². The maximum Gasteiger partial charge on any atom is 0.0645 e. The first-order valence-electron chi connectivity index (χ1n) is 5.81. The Labute approximate surface area is 96.5 Å². The van der Waals surface area contributed by atoms with Gasteiger partial charge in [0.1, 0.15) is 0 Å². The standard InChI is InChI=1S/C13H19NO2/c1-10(2)11(7-15)13(8-16-9-13)12-5-3-4-6-14-12/h3-6,10-11,15H,7-9H2,1-2H3. The van der Waals surface area contributed by atoms with Crippen LogP contribution in [0.4, 0.5) is 0 Å². The van der Waals surface area contributed by atoms with E-state index < -0.39 is 0 Å². The number of ether oxygens (including phenoxy) is 1. The molecule has 0 bridgehead atoms. The van der Waals surface area contributed by atoms with Crippen LogP contribution in [0.5, 0.6) is 0 Å². The summed E-state index contributed by atoms with van der Waals surface area (Å²) in [6, 6.07) is 5.95. The summed E-state index contributed by atoms with van der Waals surface area (Å²) in [5.74, 6) is 0.645. The second-order valence-electron chi connectivity index (χ2n) is 4.90. The van der Waals surface area contributed by atoms with E-state index in [9.17, 15) is 5.11 Å². The zero-order chi connectivity index (χ0) is 11.6. The van der Waals surface area contributed by atoms with E-state index in [-0.39, 0.29) is 17.9 Å². The quantitative estimate of drug-likeness (QED) is 0.840. The van der Waals surface area contributed by atoms with E-state index in [1.165, 1.54) is 0 Å². The fraction of sp³-hybridized carbons (Fsp3) is 0.615. The smallest absolute Gasteiger partial charge is 0.0645 e. The van der Waals surface area contributed by atoms with Crippen molar-refractivity contribution in [3.63, 3.8) is 0 Å². The SMILES string of the molecule is CC(C)C(CO)C1(c2ccccn2)COC1. The average molecular weight is 221 g/mol. The Hall–Kier alpha value is -0.930. The van der Waals surface area contributed by atoms with E-state index in [2.05, 4.69) is 18.8 Å². The zero-order valence-corrected chi connectivity index (χ0v) is 9.89. The normalized spacial score (nSPS) is 20.5. The molecule has 1 unspecified atom stereocenters. The summed E-state index contributed by atoms with van der Waals surface area (Å²) in [4.78, 5) is 4.43. The summed E-state index contributed by atoms with van der Waals surface area (Å²) in [5.41, 5.74) is 0.971. The molecule has 1 aromatic heterocycles. The van der Waals surface area contributed by atoms with Crippen molar-refractivity contribution >= 4 is 0 Å². The van der Waals surface area contributed by atoms with Gasteiger partial charge in [-0.15, -0.1) is 0 Å². The third kappa shape index (κ3) is 1.74. The molecule has 16 heavy (non-hydrogen) atoms. The predicted molar refractivity (Wildman–Crippen MR) is 62.1 cm³/mol. The van der Waals surface area contributed by atoms with Gasteiger partial charge in [-0.2, -0.15) is 0 Å². The number of aromatic nitrogens is 1. The minimum atomic E-state index is -0.0792. The highest BCUT2D eigenvalue weighted by Crippen LogP contribution is 2.41. The van der Waals surface area contributed by atoms with Gasteiger partial charge >= 0.3 is 0 Å². The number of nitrogens with zero attached hydrogens (tertiary/aromatic N) is 1. The van der Waals surface area contributed by atoms with E-state index in [4.69, 9.17) is 4.74 Å². The van der Waals surface area contributed by atoms with E-state index in [0.717, 1.165) is 5.69 Å². The monoisotopic (exact) mass is 221 g/mol. The van der Waals surface area contributed by atoms with Crippen molar-refractivity contribution in [3.05, 3.63) is 30.1 Å². The Morgan fingerprint density at radius 1 is 1.44 bits per heavy atom. The molecule has 0 aromatic carbocycles. The van der Waals surface area contributed by atoms with Gasteiger partial charge in [0, 0.05) is 12.8 Å². The first-order valence-corrected chi connectivity index (χ1v) is 5.81. The Balaban J connectivity index is 2.32. The molecule has 1 fully saturated rings. The molecule has 3 heteroatoms. The van der Waals surface area contributed by atoms with Crippen LogP contribution < -0.4 is 0 Å². The summed E-state index contributed by atoms with van der Waals surface area (Å²) in [5, 5.41) is 9.58. The van der Waals surface area contributed by atoms with E-state index in [1.807, 2.05) is 24.4 Å². The van der Waals surface area contributed by atoms with E-state index >= 15 is 0 Å². The van der Waals surface area contributed by atoms with Crippen LogP contribution in [-0.4, -0.2) is 29.9 Å². The second kappa shape index (κ2) is 4.52. The molecule has 0 spiro atoms. The maximum absolute atomic E-state index is 9.58. The van der Waals surface area contributed by atoms with Crippen LogP contribution in [0.25, 0.3) is 0 Å². The molecule has 1 atom stereocenters. The Morgan fingerprint density at radius 2 is 2.19 bits per heavy atom. The van der Waals surface area contributed by atoms with Crippen molar-refractivity contribution in [1.82, 2.24) is 4.98 Å². The maximum atomic E-state index is 9.58. The summed E-state index contributed by atoms with van der Waals surface area (Å²) < 4.78 is 5.37. The van der Waals surface area contributed by atoms with Crippen molar-refractivity contribution in [2.24, 2.45) is 11.8 Å². The molecule has 1 aromatic rings. The summed E-state index contributed by atoms with van der Waals surface area (Å²) >= 11 is 0. The third-order valence-corrected chi connectivity index (χ3v) is 3.61. The van der Waals surface area contributed by atoms with Crippen molar-refractivity contribution in [1.29, 1.82) is 0 Å². The number of hydrogen-bond donors (Lipinski definition) is 1. The van der Waals surface area contributed by atoms with Gasteiger partial charge in [0.15, 0.2) is 0 Å². The molecule has 0 saturated carbocycles. The van der Waals surface area contributed by atoms with Crippen molar-refractivity contribution in [3.8, 4) is 0 Å². The van der Waals surface area contributed by atoms with Gasteiger partial charge < -0.3 is 9.84 Å². The van der Waals surface area contributed by atoms with E-state index in [1.54, 1.807) is 0 Å². The van der Waals surface area contributed by atoms with Gasteiger partial charge in [0.25, 0.3) is 0 Å². The highest BCUT2D eigenvalue weighted by atomic mass is 16.5. The fourth-order valence-electron chi connectivity index (χ4n) is 2.55. The summed E-state index contributed by atoms with van der Waals surface area (Å²) in [6.07, 6.45) is 1.81. The minimum Gasteiger partial charge on any atom is -0.396 e. The highest BCUT2D eigenvalue weighted by Gasteiger charge is 2.48. The first kappa shape index (κ1) is 11.6. The third-order valence-electron chi connectivity index (χ3n) is 3.61. The predicted octanol–water partition coefficient (Wildman–Crippen LogP) is 1.61. The van der Waals surface area contributed by atoms with Crippen LogP contribution in [0.2, 0.25) is 0 Å². The molecule has 2 rings (SSSR count). The number of pyridine rings is 1. The zero-order valence-electron chi connectivity index (χ0n) is 9.89. The number of aliphatic hydroxyl groups is 1. The van der Waals surface area contributed by atoms with Crippen molar-refractivity contribution < 1.29 is 9.84 Å². The lowest BCUT2D eigenvalue weighted by Gasteiger charge is -2.47. The summed E-state index contributed by atoms with van der Waals surface area (Å²) in [7, 11) is 0. The Kier molecular flexibility index (Phi) is 3.26. The van der Waals surface area contributed by atoms with Crippen LogP contribution in [0.15, 0.2) is 24.4 Å². The second-order valence-corrected chi connectivity index (χ2v) is 4.90. The van der Waals surface area contributed by atoms with Crippen LogP contribution in [-0.2, 0) is 10.2 Å². The molecule has 1 aliphatic rings. The molecular formula is C13H19NO2. The summed E-state index contributed by atoms with van der Waals surface area (Å²) in [6.45, 7) is 5.83. The molecule has 0 radical (unpaired) electrons. The number of aliphatic hydroxyl groups excluding tert-OH is 1. The van der Waals surface area contributed by atoms with Gasteiger partial charge in [0.2, 0.25) is 0 Å². The van der Waals surface area contributed by atoms with Gasteiger partial charge in [-0.25, -0.2) is 0 Å². The molecule has 1 aliphatic heterocycles. The van der Waals surface area contributed by atoms with Crippen LogP contribution in [0, 0.1) is 11.8 Å². The largest absolute Gasteiger partial charge is 0.396 e. The molecule has 88 valence electrons. The van der Waals surface area contributed by atoms with Gasteiger partial charge in [-0.1, -0.05) is 19.9 Å². The van der Waals surface area contributed by atoms with Crippen LogP contribution in [0.1, 0.15) is 19.5 Å². The van der Waals surface area contributed by atoms with E-state index in [0.29, 0.717) is 19.1 Å². The van der Waals surface area contributed by atoms with Gasteiger partial charge in [-0.3, -0.25) is 4.98 Å². The first-order chi connectivity index (χ1) is 7.70. The Morgan fingerprint density at radius 3 is 2.56 bits per heavy atom. The average Bonchev–Trinajstić information content (AvgIpc) is 2.23. The lowest BCUT2D eigenvalue weighted by Crippen LogP contribution is -2.55. The Bertz CT molecular complexity index is 333. The topological polar surface area (TPSA) is 42.4 Å². The lowest BCUT2D eigenvalue weighted by atomic mass is 9.67. The molecular weight excluding hydrogens is 202 g/mol. The molecule has 2 heterocycles. The fourth-order valence-corrected chi connectivity index (χ4v) is 2.55.